The first-order valence-corrected chi connectivity index (χ1v) is 8.56. The summed E-state index contributed by atoms with van der Waals surface area (Å²) in [4.78, 5) is 13.0. The number of amides is 1. The Morgan fingerprint density at radius 2 is 1.85 bits per heavy atom. The molecule has 20 heavy (non-hydrogen) atoms. The third kappa shape index (κ3) is 4.65. The predicted molar refractivity (Wildman–Crippen MR) is 92.4 cm³/mol. The zero-order valence-electron chi connectivity index (χ0n) is 10.8. The molecule has 0 spiro atoms. The highest BCUT2D eigenvalue weighted by atomic mass is 79.9. The molecule has 0 heterocycles. The van der Waals surface area contributed by atoms with Crippen molar-refractivity contribution in [1.29, 1.82) is 0 Å². The van der Waals surface area contributed by atoms with E-state index in [-0.39, 0.29) is 5.91 Å². The summed E-state index contributed by atoms with van der Waals surface area (Å²) in [5, 5.41) is 2.90. The number of hydrogen-bond acceptors (Lipinski definition) is 2. The Labute approximate surface area is 139 Å². The number of aryl methyl sites for hydroxylation is 1. The van der Waals surface area contributed by atoms with E-state index in [9.17, 15) is 4.79 Å². The SMILES string of the molecule is Cc1ccc(NC(=O)CSc2ccc(Br)cc2)c(Br)c1. The van der Waals surface area contributed by atoms with Gasteiger partial charge in [0.15, 0.2) is 0 Å². The summed E-state index contributed by atoms with van der Waals surface area (Å²) >= 11 is 8.36. The number of carbonyl (C=O) groups is 1. The molecule has 2 rings (SSSR count). The monoisotopic (exact) mass is 413 g/mol. The minimum atomic E-state index is -0.0116. The second kappa shape index (κ2) is 7.29. The van der Waals surface area contributed by atoms with E-state index in [0.29, 0.717) is 5.75 Å². The van der Waals surface area contributed by atoms with Crippen molar-refractivity contribution in [2.75, 3.05) is 11.1 Å². The molecule has 2 nitrogen and oxygen atoms in total. The van der Waals surface area contributed by atoms with Gasteiger partial charge in [-0.05, 0) is 64.8 Å². The van der Waals surface area contributed by atoms with Gasteiger partial charge in [0.1, 0.15) is 0 Å². The smallest absolute Gasteiger partial charge is 0.234 e. The summed E-state index contributed by atoms with van der Waals surface area (Å²) in [5.74, 6) is 0.379. The molecule has 0 fully saturated rings. The average Bonchev–Trinajstić information content (AvgIpc) is 2.41. The maximum absolute atomic E-state index is 11.9. The number of anilines is 1. The van der Waals surface area contributed by atoms with Crippen LogP contribution in [0.3, 0.4) is 0 Å². The molecule has 2 aromatic carbocycles. The molecule has 1 amide bonds. The molecular weight excluding hydrogens is 402 g/mol. The number of halogens is 2. The predicted octanol–water partition coefficient (Wildman–Crippen LogP) is 5.25. The third-order valence-corrected chi connectivity index (χ3v) is 4.78. The summed E-state index contributed by atoms with van der Waals surface area (Å²) in [5.41, 5.74) is 1.95. The molecule has 0 aliphatic rings. The van der Waals surface area contributed by atoms with Crippen molar-refractivity contribution < 1.29 is 4.79 Å². The number of hydrogen-bond donors (Lipinski definition) is 1. The van der Waals surface area contributed by atoms with Gasteiger partial charge in [-0.1, -0.05) is 22.0 Å². The fourth-order valence-corrected chi connectivity index (χ4v) is 3.14. The van der Waals surface area contributed by atoms with Crippen molar-refractivity contribution in [3.05, 3.63) is 57.0 Å². The first-order valence-electron chi connectivity index (χ1n) is 5.99. The van der Waals surface area contributed by atoms with Gasteiger partial charge >= 0.3 is 0 Å². The van der Waals surface area contributed by atoms with Crippen LogP contribution in [-0.4, -0.2) is 11.7 Å². The van der Waals surface area contributed by atoms with Crippen LogP contribution in [-0.2, 0) is 4.79 Å². The number of thioether (sulfide) groups is 1. The Hall–Kier alpha value is -0.780. The molecular formula is C15H13Br2NOS. The lowest BCUT2D eigenvalue weighted by Crippen LogP contribution is -2.14. The molecule has 0 atom stereocenters. The Morgan fingerprint density at radius 3 is 2.50 bits per heavy atom. The number of benzene rings is 2. The maximum Gasteiger partial charge on any atom is 0.234 e. The summed E-state index contributed by atoms with van der Waals surface area (Å²) in [6.07, 6.45) is 0. The maximum atomic E-state index is 11.9. The first kappa shape index (κ1) is 15.6. The minimum Gasteiger partial charge on any atom is -0.324 e. The van der Waals surface area contributed by atoms with E-state index >= 15 is 0 Å². The first-order chi connectivity index (χ1) is 9.54. The highest BCUT2D eigenvalue weighted by molar-refractivity contribution is 9.10. The molecule has 0 aromatic heterocycles. The third-order valence-electron chi connectivity index (χ3n) is 2.58. The van der Waals surface area contributed by atoms with Gasteiger partial charge in [0.2, 0.25) is 5.91 Å². The van der Waals surface area contributed by atoms with Gasteiger partial charge in [0.25, 0.3) is 0 Å². The summed E-state index contributed by atoms with van der Waals surface area (Å²) < 4.78 is 1.94. The molecule has 0 aliphatic heterocycles. The van der Waals surface area contributed by atoms with E-state index in [1.165, 1.54) is 11.8 Å². The normalized spacial score (nSPS) is 10.3. The fourth-order valence-electron chi connectivity index (χ4n) is 1.59. The van der Waals surface area contributed by atoms with Crippen LogP contribution in [0, 0.1) is 6.92 Å². The van der Waals surface area contributed by atoms with Gasteiger partial charge in [0, 0.05) is 13.8 Å². The molecule has 0 bridgehead atoms. The van der Waals surface area contributed by atoms with Gasteiger partial charge in [-0.2, -0.15) is 0 Å². The lowest BCUT2D eigenvalue weighted by molar-refractivity contribution is -0.113. The quantitative estimate of drug-likeness (QED) is 0.692. The van der Waals surface area contributed by atoms with Gasteiger partial charge in [-0.3, -0.25) is 4.79 Å². The lowest BCUT2D eigenvalue weighted by atomic mass is 10.2. The van der Waals surface area contributed by atoms with Crippen LogP contribution in [0.2, 0.25) is 0 Å². The number of rotatable bonds is 4. The van der Waals surface area contributed by atoms with Crippen molar-refractivity contribution in [3.63, 3.8) is 0 Å². The molecule has 0 radical (unpaired) electrons. The zero-order valence-corrected chi connectivity index (χ0v) is 14.8. The van der Waals surface area contributed by atoms with E-state index in [0.717, 1.165) is 25.1 Å². The van der Waals surface area contributed by atoms with Gasteiger partial charge in [0.05, 0.1) is 11.4 Å². The molecule has 0 unspecified atom stereocenters. The standard InChI is InChI=1S/C15H13Br2NOS/c1-10-2-7-14(13(17)8-10)18-15(19)9-20-12-5-3-11(16)4-6-12/h2-8H,9H2,1H3,(H,18,19). The molecule has 2 aromatic rings. The Bertz CT molecular complexity index is 614. The molecule has 5 heteroatoms. The molecule has 0 aliphatic carbocycles. The molecule has 0 saturated carbocycles. The summed E-state index contributed by atoms with van der Waals surface area (Å²) in [7, 11) is 0. The molecule has 1 N–H and O–H groups in total. The van der Waals surface area contributed by atoms with Gasteiger partial charge in [-0.25, -0.2) is 0 Å². The van der Waals surface area contributed by atoms with E-state index in [1.54, 1.807) is 0 Å². The average molecular weight is 415 g/mol. The van der Waals surface area contributed by atoms with Crippen molar-refractivity contribution in [2.24, 2.45) is 0 Å². The number of nitrogens with one attached hydrogen (secondary N) is 1. The van der Waals surface area contributed by atoms with Crippen molar-refractivity contribution >= 4 is 55.2 Å². The second-order valence-electron chi connectivity index (χ2n) is 4.27. The van der Waals surface area contributed by atoms with Crippen LogP contribution in [0.15, 0.2) is 56.3 Å². The largest absolute Gasteiger partial charge is 0.324 e. The van der Waals surface area contributed by atoms with Crippen molar-refractivity contribution in [1.82, 2.24) is 0 Å². The van der Waals surface area contributed by atoms with Crippen LogP contribution >= 0.6 is 43.6 Å². The highest BCUT2D eigenvalue weighted by Gasteiger charge is 2.06. The van der Waals surface area contributed by atoms with E-state index in [1.807, 2.05) is 49.4 Å². The second-order valence-corrected chi connectivity index (χ2v) is 7.09. The van der Waals surface area contributed by atoms with Crippen LogP contribution in [0.1, 0.15) is 5.56 Å². The van der Waals surface area contributed by atoms with Crippen LogP contribution in [0.5, 0.6) is 0 Å². The van der Waals surface area contributed by atoms with Crippen LogP contribution < -0.4 is 5.32 Å². The minimum absolute atomic E-state index is 0.0116. The summed E-state index contributed by atoms with van der Waals surface area (Å²) in [6, 6.07) is 13.8. The summed E-state index contributed by atoms with van der Waals surface area (Å²) in [6.45, 7) is 2.01. The van der Waals surface area contributed by atoms with Crippen LogP contribution in [0.4, 0.5) is 5.69 Å². The van der Waals surface area contributed by atoms with E-state index in [2.05, 4.69) is 37.2 Å². The Morgan fingerprint density at radius 1 is 1.15 bits per heavy atom. The number of carbonyl (C=O) groups excluding carboxylic acids is 1. The molecule has 104 valence electrons. The highest BCUT2D eigenvalue weighted by Crippen LogP contribution is 2.24. The fraction of sp³-hybridized carbons (Fsp3) is 0.133. The van der Waals surface area contributed by atoms with Crippen LogP contribution in [0.25, 0.3) is 0 Å². The topological polar surface area (TPSA) is 29.1 Å². The Kier molecular flexibility index (Phi) is 5.69. The van der Waals surface area contributed by atoms with E-state index in [4.69, 9.17) is 0 Å². The Balaban J connectivity index is 1.90. The van der Waals surface area contributed by atoms with Gasteiger partial charge in [-0.15, -0.1) is 11.8 Å². The van der Waals surface area contributed by atoms with Crippen molar-refractivity contribution in [3.8, 4) is 0 Å². The molecule has 0 saturated heterocycles. The van der Waals surface area contributed by atoms with E-state index < -0.39 is 0 Å². The van der Waals surface area contributed by atoms with Gasteiger partial charge < -0.3 is 5.32 Å². The lowest BCUT2D eigenvalue weighted by Gasteiger charge is -2.08. The van der Waals surface area contributed by atoms with Crippen molar-refractivity contribution in [2.45, 2.75) is 11.8 Å². The zero-order chi connectivity index (χ0) is 14.5.